The highest BCUT2D eigenvalue weighted by atomic mass is 35.5. The Hall–Kier alpha value is -2.37. The van der Waals surface area contributed by atoms with Crippen LogP contribution in [-0.4, -0.2) is 42.9 Å². The molecule has 2 heterocycles. The van der Waals surface area contributed by atoms with Crippen LogP contribution in [0.5, 0.6) is 0 Å². The number of rotatable bonds is 5. The van der Waals surface area contributed by atoms with E-state index in [1.54, 1.807) is 17.9 Å². The molecule has 2 aromatic rings. The zero-order valence-electron chi connectivity index (χ0n) is 16.7. The predicted octanol–water partition coefficient (Wildman–Crippen LogP) is 3.82. The summed E-state index contributed by atoms with van der Waals surface area (Å²) < 4.78 is 0. The minimum atomic E-state index is -0.0923. The molecular formula is C23H26ClN3O2. The van der Waals surface area contributed by atoms with Gasteiger partial charge in [-0.15, -0.1) is 0 Å². The number of hydrogen-bond donors (Lipinski definition) is 1. The molecule has 0 bridgehead atoms. The van der Waals surface area contributed by atoms with E-state index in [2.05, 4.69) is 10.2 Å². The number of halogens is 1. The van der Waals surface area contributed by atoms with Crippen LogP contribution in [0, 0.1) is 0 Å². The molecule has 1 saturated heterocycles. The van der Waals surface area contributed by atoms with E-state index in [0.29, 0.717) is 18.7 Å². The summed E-state index contributed by atoms with van der Waals surface area (Å²) in [5.74, 6) is -0.0560. The van der Waals surface area contributed by atoms with Crippen LogP contribution in [0.2, 0.25) is 5.02 Å². The fraction of sp³-hybridized carbons (Fsp3) is 0.391. The Morgan fingerprint density at radius 1 is 1.10 bits per heavy atom. The Bertz CT molecular complexity index is 924. The summed E-state index contributed by atoms with van der Waals surface area (Å²) in [5, 5.41) is 3.84. The molecule has 1 atom stereocenters. The average molecular weight is 412 g/mol. The largest absolute Gasteiger partial charge is 0.350 e. The number of amides is 2. The average Bonchev–Trinajstić information content (AvgIpc) is 3.38. The fourth-order valence-electron chi connectivity index (χ4n) is 4.40. The Kier molecular flexibility index (Phi) is 5.88. The van der Waals surface area contributed by atoms with E-state index >= 15 is 0 Å². The number of nitrogens with zero attached hydrogens (tertiary/aromatic N) is 2. The maximum absolute atomic E-state index is 12.9. The summed E-state index contributed by atoms with van der Waals surface area (Å²) >= 11 is 6.46. The first-order valence-corrected chi connectivity index (χ1v) is 10.6. The fourth-order valence-corrected chi connectivity index (χ4v) is 4.66. The second-order valence-corrected chi connectivity index (χ2v) is 8.16. The molecule has 2 aromatic carbocycles. The highest BCUT2D eigenvalue weighted by Gasteiger charge is 2.26. The van der Waals surface area contributed by atoms with Gasteiger partial charge in [0, 0.05) is 36.3 Å². The smallest absolute Gasteiger partial charge is 0.251 e. The van der Waals surface area contributed by atoms with Gasteiger partial charge in [0.05, 0.1) is 6.04 Å². The van der Waals surface area contributed by atoms with Crippen LogP contribution < -0.4 is 10.2 Å². The summed E-state index contributed by atoms with van der Waals surface area (Å²) in [6.45, 7) is 4.80. The van der Waals surface area contributed by atoms with Crippen LogP contribution in [0.4, 0.5) is 5.69 Å². The molecular weight excluding hydrogens is 386 g/mol. The van der Waals surface area contributed by atoms with E-state index in [1.165, 1.54) is 12.8 Å². The van der Waals surface area contributed by atoms with Crippen molar-refractivity contribution in [1.29, 1.82) is 0 Å². The van der Waals surface area contributed by atoms with Gasteiger partial charge in [0.1, 0.15) is 0 Å². The summed E-state index contributed by atoms with van der Waals surface area (Å²) in [6, 6.07) is 13.5. The van der Waals surface area contributed by atoms with Crippen molar-refractivity contribution in [1.82, 2.24) is 10.2 Å². The van der Waals surface area contributed by atoms with Crippen LogP contribution in [-0.2, 0) is 11.2 Å². The van der Waals surface area contributed by atoms with Gasteiger partial charge in [0.15, 0.2) is 0 Å². The maximum Gasteiger partial charge on any atom is 0.251 e. The lowest BCUT2D eigenvalue weighted by molar-refractivity contribution is -0.116. The van der Waals surface area contributed by atoms with Crippen LogP contribution in [0.1, 0.15) is 47.3 Å². The standard InChI is InChI=1S/C23H26ClN3O2/c1-16(28)27-13-10-17-14-18(8-9-21(17)27)23(29)25-15-22(26-11-4-5-12-26)19-6-2-3-7-20(19)24/h2-3,6-9,14,22H,4-5,10-13,15H2,1H3,(H,25,29). The quantitative estimate of drug-likeness (QED) is 0.813. The first kappa shape index (κ1) is 19.9. The zero-order valence-corrected chi connectivity index (χ0v) is 17.4. The molecule has 152 valence electrons. The van der Waals surface area contributed by atoms with Gasteiger partial charge in [-0.25, -0.2) is 0 Å². The number of fused-ring (bicyclic) bond motifs is 1. The second-order valence-electron chi connectivity index (χ2n) is 7.75. The number of likely N-dealkylation sites (tertiary alicyclic amines) is 1. The van der Waals surface area contributed by atoms with E-state index in [-0.39, 0.29) is 17.9 Å². The van der Waals surface area contributed by atoms with Crippen LogP contribution >= 0.6 is 11.6 Å². The molecule has 0 aromatic heterocycles. The lowest BCUT2D eigenvalue weighted by atomic mass is 10.0. The number of carbonyl (C=O) groups excluding carboxylic acids is 2. The van der Waals surface area contributed by atoms with Crippen molar-refractivity contribution in [3.63, 3.8) is 0 Å². The van der Waals surface area contributed by atoms with Crippen molar-refractivity contribution in [2.24, 2.45) is 0 Å². The molecule has 4 rings (SSSR count). The molecule has 29 heavy (non-hydrogen) atoms. The van der Waals surface area contributed by atoms with Crippen LogP contribution in [0.25, 0.3) is 0 Å². The summed E-state index contributed by atoms with van der Waals surface area (Å²) in [7, 11) is 0. The molecule has 2 aliphatic rings. The maximum atomic E-state index is 12.9. The Morgan fingerprint density at radius 3 is 2.59 bits per heavy atom. The van der Waals surface area contributed by atoms with Crippen molar-refractivity contribution in [3.05, 3.63) is 64.2 Å². The molecule has 6 heteroatoms. The lowest BCUT2D eigenvalue weighted by Gasteiger charge is -2.29. The van der Waals surface area contributed by atoms with Gasteiger partial charge < -0.3 is 10.2 Å². The molecule has 0 saturated carbocycles. The van der Waals surface area contributed by atoms with Crippen molar-refractivity contribution < 1.29 is 9.59 Å². The number of hydrogen-bond acceptors (Lipinski definition) is 3. The number of anilines is 1. The first-order chi connectivity index (χ1) is 14.0. The molecule has 1 N–H and O–H groups in total. The van der Waals surface area contributed by atoms with E-state index < -0.39 is 0 Å². The number of carbonyl (C=O) groups is 2. The molecule has 0 radical (unpaired) electrons. The van der Waals surface area contributed by atoms with Crippen molar-refractivity contribution in [3.8, 4) is 0 Å². The van der Waals surface area contributed by atoms with Crippen molar-refractivity contribution >= 4 is 29.1 Å². The van der Waals surface area contributed by atoms with Crippen LogP contribution in [0.15, 0.2) is 42.5 Å². The van der Waals surface area contributed by atoms with Crippen molar-refractivity contribution in [2.75, 3.05) is 31.1 Å². The van der Waals surface area contributed by atoms with Gasteiger partial charge in [-0.3, -0.25) is 14.5 Å². The molecule has 5 nitrogen and oxygen atoms in total. The third kappa shape index (κ3) is 4.16. The van der Waals surface area contributed by atoms with Gasteiger partial charge in [-0.05, 0) is 67.7 Å². The third-order valence-electron chi connectivity index (χ3n) is 5.92. The number of nitrogens with one attached hydrogen (secondary N) is 1. The Morgan fingerprint density at radius 2 is 1.86 bits per heavy atom. The Balaban J connectivity index is 1.49. The van der Waals surface area contributed by atoms with Gasteiger partial charge in [0.2, 0.25) is 5.91 Å². The second kappa shape index (κ2) is 8.56. The zero-order chi connectivity index (χ0) is 20.4. The SMILES string of the molecule is CC(=O)N1CCc2cc(C(=O)NCC(c3ccccc3Cl)N3CCCC3)ccc21. The minimum Gasteiger partial charge on any atom is -0.350 e. The molecule has 2 aliphatic heterocycles. The highest BCUT2D eigenvalue weighted by molar-refractivity contribution is 6.31. The summed E-state index contributed by atoms with van der Waals surface area (Å²) in [6.07, 6.45) is 3.13. The van der Waals surface area contributed by atoms with Gasteiger partial charge in [-0.1, -0.05) is 29.8 Å². The summed E-state index contributed by atoms with van der Waals surface area (Å²) in [4.78, 5) is 28.7. The van der Waals surface area contributed by atoms with Gasteiger partial charge in [0.25, 0.3) is 5.91 Å². The van der Waals surface area contributed by atoms with Crippen molar-refractivity contribution in [2.45, 2.75) is 32.2 Å². The van der Waals surface area contributed by atoms with E-state index in [0.717, 1.165) is 41.3 Å². The van der Waals surface area contributed by atoms with E-state index in [4.69, 9.17) is 11.6 Å². The Labute approximate surface area is 176 Å². The molecule has 1 unspecified atom stereocenters. The normalized spacial score (nSPS) is 17.2. The summed E-state index contributed by atoms with van der Waals surface area (Å²) in [5.41, 5.74) is 3.66. The monoisotopic (exact) mass is 411 g/mol. The molecule has 0 spiro atoms. The molecule has 0 aliphatic carbocycles. The molecule has 1 fully saturated rings. The van der Waals surface area contributed by atoms with E-state index in [9.17, 15) is 9.59 Å². The van der Waals surface area contributed by atoms with Crippen LogP contribution in [0.3, 0.4) is 0 Å². The predicted molar refractivity (Wildman–Crippen MR) is 116 cm³/mol. The minimum absolute atomic E-state index is 0.0362. The molecule has 2 amide bonds. The lowest BCUT2D eigenvalue weighted by Crippen LogP contribution is -2.37. The topological polar surface area (TPSA) is 52.7 Å². The van der Waals surface area contributed by atoms with Gasteiger partial charge >= 0.3 is 0 Å². The number of benzene rings is 2. The first-order valence-electron chi connectivity index (χ1n) is 10.2. The van der Waals surface area contributed by atoms with E-state index in [1.807, 2.05) is 36.4 Å². The highest BCUT2D eigenvalue weighted by Crippen LogP contribution is 2.31. The van der Waals surface area contributed by atoms with Gasteiger partial charge in [-0.2, -0.15) is 0 Å². The third-order valence-corrected chi connectivity index (χ3v) is 6.26.